The molecule has 0 bridgehead atoms. The predicted octanol–water partition coefficient (Wildman–Crippen LogP) is 0.674. The number of rotatable bonds is 6. The van der Waals surface area contributed by atoms with E-state index in [0.717, 1.165) is 19.3 Å². The van der Waals surface area contributed by atoms with Gasteiger partial charge in [-0.25, -0.2) is 0 Å². The Morgan fingerprint density at radius 1 is 1.05 bits per heavy atom. The Bertz CT molecular complexity index is 748. The molecule has 0 saturated heterocycles. The largest absolute Gasteiger partial charge is 0.330 e. The molecule has 0 saturated carbocycles. The van der Waals surface area contributed by atoms with Crippen LogP contribution in [0.4, 0.5) is 5.69 Å². The third kappa shape index (κ3) is 4.03. The average Bonchev–Trinajstić information content (AvgIpc) is 2.45. The van der Waals surface area contributed by atoms with E-state index in [4.69, 9.17) is 5.73 Å². The zero-order chi connectivity index (χ0) is 15.2. The maximum atomic E-state index is 11.8. The molecular formula is C14H18N4O3. The summed E-state index contributed by atoms with van der Waals surface area (Å²) in [5, 5.41) is 2.76. The number of hydrogen-bond donors (Lipinski definition) is 4. The van der Waals surface area contributed by atoms with E-state index in [2.05, 4.69) is 15.3 Å². The first-order chi connectivity index (χ1) is 10.1. The third-order valence-corrected chi connectivity index (χ3v) is 3.11. The zero-order valence-electron chi connectivity index (χ0n) is 11.6. The van der Waals surface area contributed by atoms with Crippen molar-refractivity contribution in [2.24, 2.45) is 5.73 Å². The Kier molecular flexibility index (Phi) is 4.89. The Morgan fingerprint density at radius 2 is 1.76 bits per heavy atom. The second-order valence-electron chi connectivity index (χ2n) is 4.82. The Labute approximate surface area is 120 Å². The standard InChI is InChI=1S/C14H18N4O3/c15-7-3-1-2-4-12(19)16-9-5-6-10-11(8-9)18-14(21)13(20)17-10/h5-6,8H,1-4,7,15H2,(H,16,19)(H,17,20)(H,18,21). The summed E-state index contributed by atoms with van der Waals surface area (Å²) in [6, 6.07) is 4.93. The molecule has 5 N–H and O–H groups in total. The lowest BCUT2D eigenvalue weighted by molar-refractivity contribution is -0.116. The number of benzene rings is 1. The van der Waals surface area contributed by atoms with Gasteiger partial charge in [0.05, 0.1) is 11.0 Å². The van der Waals surface area contributed by atoms with Crippen LogP contribution in [0.15, 0.2) is 27.8 Å². The van der Waals surface area contributed by atoms with Crippen molar-refractivity contribution < 1.29 is 4.79 Å². The van der Waals surface area contributed by atoms with E-state index < -0.39 is 11.1 Å². The number of carbonyl (C=O) groups excluding carboxylic acids is 1. The van der Waals surface area contributed by atoms with Crippen molar-refractivity contribution in [3.8, 4) is 0 Å². The van der Waals surface area contributed by atoms with Crippen molar-refractivity contribution in [1.29, 1.82) is 0 Å². The van der Waals surface area contributed by atoms with Gasteiger partial charge in [0.1, 0.15) is 0 Å². The number of hydrogen-bond acceptors (Lipinski definition) is 4. The van der Waals surface area contributed by atoms with Crippen LogP contribution >= 0.6 is 0 Å². The van der Waals surface area contributed by atoms with Gasteiger partial charge in [0.15, 0.2) is 0 Å². The Balaban J connectivity index is 2.05. The number of anilines is 1. The number of unbranched alkanes of at least 4 members (excludes halogenated alkanes) is 2. The highest BCUT2D eigenvalue weighted by Crippen LogP contribution is 2.14. The molecule has 0 aliphatic rings. The second-order valence-corrected chi connectivity index (χ2v) is 4.82. The van der Waals surface area contributed by atoms with Gasteiger partial charge in [-0.3, -0.25) is 14.4 Å². The molecule has 1 aromatic carbocycles. The minimum Gasteiger partial charge on any atom is -0.330 e. The molecule has 0 fully saturated rings. The molecule has 1 aromatic heterocycles. The van der Waals surface area contributed by atoms with Crippen LogP contribution in [0.5, 0.6) is 0 Å². The van der Waals surface area contributed by atoms with Crippen LogP contribution in [-0.4, -0.2) is 22.4 Å². The highest BCUT2D eigenvalue weighted by molar-refractivity contribution is 5.92. The molecule has 112 valence electrons. The smallest absolute Gasteiger partial charge is 0.314 e. The molecule has 2 rings (SSSR count). The lowest BCUT2D eigenvalue weighted by atomic mass is 10.2. The Hall–Kier alpha value is -2.41. The molecule has 1 amide bonds. The summed E-state index contributed by atoms with van der Waals surface area (Å²) in [5.74, 6) is -0.0851. The molecule has 0 radical (unpaired) electrons. The highest BCUT2D eigenvalue weighted by atomic mass is 16.2. The number of H-pyrrole nitrogens is 2. The quantitative estimate of drug-likeness (QED) is 0.461. The van der Waals surface area contributed by atoms with Crippen LogP contribution in [0.3, 0.4) is 0 Å². The van der Waals surface area contributed by atoms with Crippen LogP contribution < -0.4 is 22.2 Å². The molecule has 7 nitrogen and oxygen atoms in total. The van der Waals surface area contributed by atoms with E-state index in [1.165, 1.54) is 0 Å². The summed E-state index contributed by atoms with van der Waals surface area (Å²) < 4.78 is 0. The maximum Gasteiger partial charge on any atom is 0.314 e. The SMILES string of the molecule is NCCCCCC(=O)Nc1ccc2[nH]c(=O)c(=O)[nH]c2c1. The lowest BCUT2D eigenvalue weighted by Crippen LogP contribution is -2.28. The van der Waals surface area contributed by atoms with Gasteiger partial charge in [0.2, 0.25) is 5.91 Å². The minimum atomic E-state index is -0.715. The lowest BCUT2D eigenvalue weighted by Gasteiger charge is -2.06. The van der Waals surface area contributed by atoms with Gasteiger partial charge in [0, 0.05) is 12.1 Å². The summed E-state index contributed by atoms with van der Waals surface area (Å²) >= 11 is 0. The minimum absolute atomic E-state index is 0.0851. The Morgan fingerprint density at radius 3 is 2.48 bits per heavy atom. The van der Waals surface area contributed by atoms with Gasteiger partial charge < -0.3 is 21.0 Å². The number of aromatic amines is 2. The first-order valence-electron chi connectivity index (χ1n) is 6.86. The highest BCUT2D eigenvalue weighted by Gasteiger charge is 2.04. The molecule has 0 aliphatic heterocycles. The van der Waals surface area contributed by atoms with E-state index in [9.17, 15) is 14.4 Å². The van der Waals surface area contributed by atoms with Gasteiger partial charge >= 0.3 is 11.1 Å². The maximum absolute atomic E-state index is 11.8. The van der Waals surface area contributed by atoms with Crippen LogP contribution in [0.2, 0.25) is 0 Å². The number of nitrogens with two attached hydrogens (primary N) is 1. The summed E-state index contributed by atoms with van der Waals surface area (Å²) in [4.78, 5) is 39.2. The van der Waals surface area contributed by atoms with Crippen molar-refractivity contribution in [3.05, 3.63) is 38.9 Å². The van der Waals surface area contributed by atoms with E-state index in [1.807, 2.05) is 0 Å². The van der Waals surface area contributed by atoms with Gasteiger partial charge in [-0.15, -0.1) is 0 Å². The third-order valence-electron chi connectivity index (χ3n) is 3.11. The molecule has 2 aromatic rings. The van der Waals surface area contributed by atoms with Gasteiger partial charge in [-0.1, -0.05) is 6.42 Å². The van der Waals surface area contributed by atoms with Gasteiger partial charge in [-0.2, -0.15) is 0 Å². The average molecular weight is 290 g/mol. The monoisotopic (exact) mass is 290 g/mol. The summed E-state index contributed by atoms with van der Waals surface area (Å²) in [5.41, 5.74) is 5.54. The topological polar surface area (TPSA) is 121 Å². The number of amides is 1. The fourth-order valence-corrected chi connectivity index (χ4v) is 2.02. The van der Waals surface area contributed by atoms with E-state index >= 15 is 0 Å². The zero-order valence-corrected chi connectivity index (χ0v) is 11.6. The van der Waals surface area contributed by atoms with Crippen LogP contribution in [0.1, 0.15) is 25.7 Å². The predicted molar refractivity (Wildman–Crippen MR) is 81.3 cm³/mol. The van der Waals surface area contributed by atoms with Crippen LogP contribution in [0, 0.1) is 0 Å². The molecule has 0 spiro atoms. The van der Waals surface area contributed by atoms with Gasteiger partial charge in [-0.05, 0) is 37.6 Å². The fraction of sp³-hybridized carbons (Fsp3) is 0.357. The molecular weight excluding hydrogens is 272 g/mol. The fourth-order valence-electron chi connectivity index (χ4n) is 2.02. The van der Waals surface area contributed by atoms with Crippen LogP contribution in [0.25, 0.3) is 11.0 Å². The van der Waals surface area contributed by atoms with E-state index in [0.29, 0.717) is 29.7 Å². The molecule has 0 atom stereocenters. The normalized spacial score (nSPS) is 10.7. The van der Waals surface area contributed by atoms with Crippen molar-refractivity contribution >= 4 is 22.6 Å². The molecule has 21 heavy (non-hydrogen) atoms. The second kappa shape index (κ2) is 6.85. The van der Waals surface area contributed by atoms with E-state index in [1.54, 1.807) is 18.2 Å². The molecule has 0 aliphatic carbocycles. The number of aromatic nitrogens is 2. The van der Waals surface area contributed by atoms with Crippen molar-refractivity contribution in [2.45, 2.75) is 25.7 Å². The first kappa shape index (κ1) is 15.0. The van der Waals surface area contributed by atoms with Crippen LogP contribution in [-0.2, 0) is 4.79 Å². The van der Waals surface area contributed by atoms with E-state index in [-0.39, 0.29) is 5.91 Å². The summed E-state index contributed by atoms with van der Waals surface area (Å²) in [6.45, 7) is 0.637. The molecule has 7 heteroatoms. The molecule has 1 heterocycles. The number of nitrogens with one attached hydrogen (secondary N) is 3. The molecule has 0 unspecified atom stereocenters. The summed E-state index contributed by atoms with van der Waals surface area (Å²) in [6.07, 6.45) is 3.06. The van der Waals surface area contributed by atoms with Crippen molar-refractivity contribution in [3.63, 3.8) is 0 Å². The van der Waals surface area contributed by atoms with Crippen molar-refractivity contribution in [1.82, 2.24) is 9.97 Å². The number of fused-ring (bicyclic) bond motifs is 1. The van der Waals surface area contributed by atoms with Gasteiger partial charge in [0.25, 0.3) is 0 Å². The number of carbonyl (C=O) groups is 1. The summed E-state index contributed by atoms with van der Waals surface area (Å²) in [7, 11) is 0. The first-order valence-corrected chi connectivity index (χ1v) is 6.86. The van der Waals surface area contributed by atoms with Crippen molar-refractivity contribution in [2.75, 3.05) is 11.9 Å².